The van der Waals surface area contributed by atoms with Crippen molar-refractivity contribution in [1.82, 2.24) is 20.4 Å². The molecule has 1 aromatic carbocycles. The molecule has 1 atom stereocenters. The molecule has 0 amide bonds. The van der Waals surface area contributed by atoms with Gasteiger partial charge in [-0.05, 0) is 44.5 Å². The second kappa shape index (κ2) is 11.1. The molecule has 1 saturated heterocycles. The Bertz CT molecular complexity index is 538. The van der Waals surface area contributed by atoms with Crippen molar-refractivity contribution in [1.29, 1.82) is 0 Å². The quantitative estimate of drug-likeness (QED) is 0.547. The van der Waals surface area contributed by atoms with Crippen molar-refractivity contribution in [2.75, 3.05) is 52.4 Å². The van der Waals surface area contributed by atoms with Gasteiger partial charge in [0.05, 0.1) is 6.54 Å². The predicted molar refractivity (Wildman–Crippen MR) is 107 cm³/mol. The number of guanidine groups is 1. The molecule has 1 aliphatic rings. The standard InChI is InChI=1S/C20H34FN5/c1-4-22-20(23-11-10-18-6-8-19(21)9-7-18)24-16-17(3)26-14-12-25(5-2)13-15-26/h6-9,17H,4-5,10-16H2,1-3H3,(H2,22,23,24). The van der Waals surface area contributed by atoms with Crippen LogP contribution in [0.2, 0.25) is 0 Å². The molecule has 2 N–H and O–H groups in total. The highest BCUT2D eigenvalue weighted by atomic mass is 19.1. The fraction of sp³-hybridized carbons (Fsp3) is 0.650. The second-order valence-electron chi connectivity index (χ2n) is 6.84. The SMILES string of the molecule is CCNC(=NCC(C)N1CCN(CC)CC1)NCCc1ccc(F)cc1. The maximum Gasteiger partial charge on any atom is 0.191 e. The van der Waals surface area contributed by atoms with E-state index in [2.05, 4.69) is 41.2 Å². The highest BCUT2D eigenvalue weighted by molar-refractivity contribution is 5.79. The van der Waals surface area contributed by atoms with Crippen LogP contribution in [0, 0.1) is 5.82 Å². The Balaban J connectivity index is 1.77. The van der Waals surface area contributed by atoms with Gasteiger partial charge in [-0.2, -0.15) is 0 Å². The molecular formula is C20H34FN5. The van der Waals surface area contributed by atoms with E-state index in [-0.39, 0.29) is 5.82 Å². The molecule has 1 aliphatic heterocycles. The summed E-state index contributed by atoms with van der Waals surface area (Å²) in [7, 11) is 0. The van der Waals surface area contributed by atoms with Gasteiger partial charge in [0.2, 0.25) is 0 Å². The Morgan fingerprint density at radius 1 is 1.12 bits per heavy atom. The van der Waals surface area contributed by atoms with Crippen molar-refractivity contribution >= 4 is 5.96 Å². The number of nitrogens with one attached hydrogen (secondary N) is 2. The topological polar surface area (TPSA) is 42.9 Å². The van der Waals surface area contributed by atoms with Gasteiger partial charge in [0.25, 0.3) is 0 Å². The number of halogens is 1. The van der Waals surface area contributed by atoms with Crippen molar-refractivity contribution < 1.29 is 4.39 Å². The lowest BCUT2D eigenvalue weighted by molar-refractivity contribution is 0.109. The molecule has 0 radical (unpaired) electrons. The van der Waals surface area contributed by atoms with E-state index in [1.165, 1.54) is 12.1 Å². The Morgan fingerprint density at radius 3 is 2.42 bits per heavy atom. The zero-order valence-electron chi connectivity index (χ0n) is 16.5. The van der Waals surface area contributed by atoms with Crippen LogP contribution in [0.15, 0.2) is 29.3 Å². The number of piperazine rings is 1. The van der Waals surface area contributed by atoms with Gasteiger partial charge in [-0.3, -0.25) is 9.89 Å². The highest BCUT2D eigenvalue weighted by Crippen LogP contribution is 2.06. The van der Waals surface area contributed by atoms with E-state index >= 15 is 0 Å². The van der Waals surface area contributed by atoms with Gasteiger partial charge in [0.15, 0.2) is 5.96 Å². The Labute approximate surface area is 157 Å². The first-order chi connectivity index (χ1) is 12.6. The van der Waals surface area contributed by atoms with Gasteiger partial charge >= 0.3 is 0 Å². The van der Waals surface area contributed by atoms with Gasteiger partial charge < -0.3 is 15.5 Å². The van der Waals surface area contributed by atoms with Crippen LogP contribution in [0.25, 0.3) is 0 Å². The summed E-state index contributed by atoms with van der Waals surface area (Å²) in [6, 6.07) is 7.13. The van der Waals surface area contributed by atoms with E-state index < -0.39 is 0 Å². The number of hydrogen-bond donors (Lipinski definition) is 2. The van der Waals surface area contributed by atoms with Crippen LogP contribution in [0.5, 0.6) is 0 Å². The van der Waals surface area contributed by atoms with Crippen molar-refractivity contribution in [3.63, 3.8) is 0 Å². The van der Waals surface area contributed by atoms with E-state index in [1.807, 2.05) is 12.1 Å². The monoisotopic (exact) mass is 363 g/mol. The van der Waals surface area contributed by atoms with Gasteiger partial charge in [-0.25, -0.2) is 4.39 Å². The maximum atomic E-state index is 13.0. The van der Waals surface area contributed by atoms with Crippen molar-refractivity contribution in [3.8, 4) is 0 Å². The van der Waals surface area contributed by atoms with E-state index in [9.17, 15) is 4.39 Å². The third-order valence-electron chi connectivity index (χ3n) is 4.95. The van der Waals surface area contributed by atoms with Crippen LogP contribution in [0.3, 0.4) is 0 Å². The molecule has 146 valence electrons. The minimum absolute atomic E-state index is 0.189. The molecule has 5 nitrogen and oxygen atoms in total. The van der Waals surface area contributed by atoms with Crippen LogP contribution in [-0.4, -0.2) is 74.2 Å². The Kier molecular flexibility index (Phi) is 8.85. The molecule has 26 heavy (non-hydrogen) atoms. The van der Waals surface area contributed by atoms with Crippen molar-refractivity contribution in [2.24, 2.45) is 4.99 Å². The summed E-state index contributed by atoms with van der Waals surface area (Å²) in [5.74, 6) is 0.666. The van der Waals surface area contributed by atoms with Gasteiger partial charge in [0, 0.05) is 45.3 Å². The molecule has 0 spiro atoms. The first-order valence-electron chi connectivity index (χ1n) is 9.85. The molecular weight excluding hydrogens is 329 g/mol. The lowest BCUT2D eigenvalue weighted by Crippen LogP contribution is -2.50. The number of hydrogen-bond acceptors (Lipinski definition) is 3. The van der Waals surface area contributed by atoms with Crippen LogP contribution in [0.4, 0.5) is 4.39 Å². The summed E-state index contributed by atoms with van der Waals surface area (Å²) in [4.78, 5) is 9.77. The minimum Gasteiger partial charge on any atom is -0.357 e. The van der Waals surface area contributed by atoms with E-state index in [0.717, 1.165) is 70.3 Å². The number of nitrogens with zero attached hydrogens (tertiary/aromatic N) is 3. The smallest absolute Gasteiger partial charge is 0.191 e. The first kappa shape index (κ1) is 20.6. The minimum atomic E-state index is -0.189. The van der Waals surface area contributed by atoms with Gasteiger partial charge in [0.1, 0.15) is 5.82 Å². The lowest BCUT2D eigenvalue weighted by Gasteiger charge is -2.37. The number of rotatable bonds is 8. The molecule has 1 fully saturated rings. The summed E-state index contributed by atoms with van der Waals surface area (Å²) < 4.78 is 13.0. The van der Waals surface area contributed by atoms with E-state index in [4.69, 9.17) is 4.99 Å². The van der Waals surface area contributed by atoms with Gasteiger partial charge in [-0.1, -0.05) is 19.1 Å². The average molecular weight is 364 g/mol. The third-order valence-corrected chi connectivity index (χ3v) is 4.95. The molecule has 1 unspecified atom stereocenters. The van der Waals surface area contributed by atoms with E-state index in [0.29, 0.717) is 6.04 Å². The normalized spacial score (nSPS) is 17.9. The van der Waals surface area contributed by atoms with Crippen LogP contribution >= 0.6 is 0 Å². The van der Waals surface area contributed by atoms with Crippen LogP contribution < -0.4 is 10.6 Å². The molecule has 2 rings (SSSR count). The Morgan fingerprint density at radius 2 is 1.81 bits per heavy atom. The maximum absolute atomic E-state index is 13.0. The summed E-state index contributed by atoms with van der Waals surface area (Å²) in [6.07, 6.45) is 0.846. The predicted octanol–water partition coefficient (Wildman–Crippen LogP) is 1.95. The zero-order chi connectivity index (χ0) is 18.8. The summed E-state index contributed by atoms with van der Waals surface area (Å²) in [6.45, 7) is 14.7. The van der Waals surface area contributed by atoms with Crippen LogP contribution in [0.1, 0.15) is 26.3 Å². The Hall–Kier alpha value is -1.66. The highest BCUT2D eigenvalue weighted by Gasteiger charge is 2.19. The molecule has 0 saturated carbocycles. The fourth-order valence-corrected chi connectivity index (χ4v) is 3.18. The third kappa shape index (κ3) is 6.92. The average Bonchev–Trinajstić information content (AvgIpc) is 2.67. The molecule has 1 heterocycles. The number of benzene rings is 1. The summed E-state index contributed by atoms with van der Waals surface area (Å²) in [5.41, 5.74) is 1.12. The van der Waals surface area contributed by atoms with Crippen molar-refractivity contribution in [3.05, 3.63) is 35.6 Å². The molecule has 0 aromatic heterocycles. The molecule has 1 aromatic rings. The first-order valence-corrected chi connectivity index (χ1v) is 9.85. The van der Waals surface area contributed by atoms with Gasteiger partial charge in [-0.15, -0.1) is 0 Å². The number of aliphatic imine (C=N–C) groups is 1. The summed E-state index contributed by atoms with van der Waals surface area (Å²) >= 11 is 0. The van der Waals surface area contributed by atoms with Crippen molar-refractivity contribution in [2.45, 2.75) is 33.2 Å². The molecule has 0 bridgehead atoms. The number of likely N-dealkylation sites (N-methyl/N-ethyl adjacent to an activating group) is 1. The zero-order valence-corrected chi connectivity index (χ0v) is 16.5. The summed E-state index contributed by atoms with van der Waals surface area (Å²) in [5, 5.41) is 6.68. The largest absolute Gasteiger partial charge is 0.357 e. The van der Waals surface area contributed by atoms with Crippen LogP contribution in [-0.2, 0) is 6.42 Å². The fourth-order valence-electron chi connectivity index (χ4n) is 3.18. The van der Waals surface area contributed by atoms with E-state index in [1.54, 1.807) is 0 Å². The second-order valence-corrected chi connectivity index (χ2v) is 6.84. The molecule has 0 aliphatic carbocycles. The molecule has 6 heteroatoms. The lowest BCUT2D eigenvalue weighted by atomic mass is 10.1.